The number of amides is 1. The lowest BCUT2D eigenvalue weighted by Crippen LogP contribution is -2.32. The monoisotopic (exact) mass is 644 g/mol. The van der Waals surface area contributed by atoms with E-state index in [1.165, 1.54) is 0 Å². The van der Waals surface area contributed by atoms with E-state index < -0.39 is 18.0 Å². The summed E-state index contributed by atoms with van der Waals surface area (Å²) in [6, 6.07) is 7.26. The molecular formula is C31H41BrN4O6. The van der Waals surface area contributed by atoms with Crippen molar-refractivity contribution < 1.29 is 29.0 Å². The van der Waals surface area contributed by atoms with Crippen LogP contribution >= 0.6 is 17.0 Å². The first-order valence-electron chi connectivity index (χ1n) is 14.0. The summed E-state index contributed by atoms with van der Waals surface area (Å²) in [5.41, 5.74) is 3.30. The van der Waals surface area contributed by atoms with E-state index in [0.717, 1.165) is 36.2 Å². The maximum absolute atomic E-state index is 13.8. The van der Waals surface area contributed by atoms with Crippen molar-refractivity contribution in [2.24, 2.45) is 0 Å². The van der Waals surface area contributed by atoms with Gasteiger partial charge in [0.15, 0.2) is 12.4 Å². The molecule has 0 radical (unpaired) electrons. The smallest absolute Gasteiger partial charge is 0.341 e. The van der Waals surface area contributed by atoms with Crippen LogP contribution in [0.2, 0.25) is 0 Å². The van der Waals surface area contributed by atoms with E-state index in [9.17, 15) is 19.5 Å². The number of fused-ring (bicyclic) bond motifs is 1. The van der Waals surface area contributed by atoms with Crippen LogP contribution in [0.5, 0.6) is 11.5 Å². The molecule has 1 amide bonds. The zero-order chi connectivity index (χ0) is 30.1. The summed E-state index contributed by atoms with van der Waals surface area (Å²) >= 11 is 0. The van der Waals surface area contributed by atoms with Crippen LogP contribution in [0.15, 0.2) is 24.3 Å². The maximum atomic E-state index is 13.8. The molecule has 4 rings (SSSR count). The van der Waals surface area contributed by atoms with Gasteiger partial charge in [-0.25, -0.2) is 4.79 Å². The lowest BCUT2D eigenvalue weighted by Gasteiger charge is -2.31. The van der Waals surface area contributed by atoms with Gasteiger partial charge in [-0.05, 0) is 61.9 Å². The molecule has 1 fully saturated rings. The molecule has 0 saturated carbocycles. The molecule has 11 heteroatoms. The third kappa shape index (κ3) is 6.72. The first-order valence-corrected chi connectivity index (χ1v) is 14.0. The molecule has 1 saturated heterocycles. The highest BCUT2D eigenvalue weighted by molar-refractivity contribution is 8.93. The first kappa shape index (κ1) is 32.9. The topological polar surface area (TPSA) is 132 Å². The molecule has 228 valence electrons. The number of anilines is 1. The second kappa shape index (κ2) is 13.1. The van der Waals surface area contributed by atoms with Gasteiger partial charge in [-0.1, -0.05) is 20.8 Å². The largest absolute Gasteiger partial charge is 0.493 e. The van der Waals surface area contributed by atoms with Crippen molar-refractivity contribution in [3.8, 4) is 11.5 Å². The van der Waals surface area contributed by atoms with E-state index >= 15 is 0 Å². The minimum absolute atomic E-state index is 0. The highest BCUT2D eigenvalue weighted by Gasteiger charge is 2.33. The van der Waals surface area contributed by atoms with Crippen LogP contribution in [0.3, 0.4) is 0 Å². The maximum Gasteiger partial charge on any atom is 0.341 e. The Balaban J connectivity index is 0.00000484. The molecule has 0 aromatic heterocycles. The van der Waals surface area contributed by atoms with E-state index in [1.807, 2.05) is 27.7 Å². The number of carbonyl (C=O) groups is 3. The van der Waals surface area contributed by atoms with Crippen molar-refractivity contribution in [2.45, 2.75) is 65.5 Å². The molecule has 10 nitrogen and oxygen atoms in total. The number of ether oxygens (including phenoxy) is 2. The van der Waals surface area contributed by atoms with Gasteiger partial charge in [0.25, 0.3) is 5.91 Å². The van der Waals surface area contributed by atoms with Crippen molar-refractivity contribution in [2.75, 3.05) is 38.3 Å². The molecule has 2 aromatic carbocycles. The Morgan fingerprint density at radius 2 is 1.86 bits per heavy atom. The van der Waals surface area contributed by atoms with Crippen molar-refractivity contribution in [1.82, 2.24) is 10.2 Å². The van der Waals surface area contributed by atoms with Crippen LogP contribution in [-0.4, -0.2) is 72.9 Å². The second-order valence-electron chi connectivity index (χ2n) is 11.6. The molecule has 1 unspecified atom stereocenters. The van der Waals surface area contributed by atoms with E-state index in [-0.39, 0.29) is 47.1 Å². The van der Waals surface area contributed by atoms with Gasteiger partial charge >= 0.3 is 5.97 Å². The van der Waals surface area contributed by atoms with Gasteiger partial charge in [-0.15, -0.1) is 17.0 Å². The van der Waals surface area contributed by atoms with E-state index in [0.29, 0.717) is 41.3 Å². The van der Waals surface area contributed by atoms with E-state index in [4.69, 9.17) is 14.9 Å². The average molecular weight is 646 g/mol. The predicted octanol–water partition coefficient (Wildman–Crippen LogP) is 4.80. The van der Waals surface area contributed by atoms with Crippen LogP contribution in [0.4, 0.5) is 5.69 Å². The number of nitrogens with one attached hydrogen (secondary N) is 2. The Morgan fingerprint density at radius 1 is 1.14 bits per heavy atom. The number of carboxylic acids is 1. The number of carboxylic acid groups (broad SMARTS) is 1. The molecular weight excluding hydrogens is 604 g/mol. The van der Waals surface area contributed by atoms with Gasteiger partial charge < -0.3 is 29.7 Å². The zero-order valence-corrected chi connectivity index (χ0v) is 26.8. The number of hydrogen-bond acceptors (Lipinski definition) is 7. The standard InChI is InChI=1S/C31H40N4O6.BrH/c1-7-40-26-13-20-15-34(29(32)21(20)14-22(26)30(39)33-6)16-25(36)19-11-23(31(3,4)5)28(41-17-27(37)38)24(12-19)35-10-8-9-18(35)2;/h11-14,18,32H,7-10,15-17H2,1-6H3,(H,33,39)(H,37,38);1H. The third-order valence-electron chi connectivity index (χ3n) is 7.65. The fourth-order valence-corrected chi connectivity index (χ4v) is 5.54. The van der Waals surface area contributed by atoms with Crippen molar-refractivity contribution in [3.05, 3.63) is 52.1 Å². The lowest BCUT2D eigenvalue weighted by atomic mass is 9.84. The number of halogens is 1. The Labute approximate surface area is 257 Å². The summed E-state index contributed by atoms with van der Waals surface area (Å²) in [5.74, 6) is -0.416. The molecule has 3 N–H and O–H groups in total. The van der Waals surface area contributed by atoms with E-state index in [2.05, 4.69) is 17.1 Å². The Morgan fingerprint density at radius 3 is 2.43 bits per heavy atom. The van der Waals surface area contributed by atoms with Crippen LogP contribution in [-0.2, 0) is 16.8 Å². The predicted molar refractivity (Wildman–Crippen MR) is 167 cm³/mol. The van der Waals surface area contributed by atoms with E-state index in [1.54, 1.807) is 36.2 Å². The van der Waals surface area contributed by atoms with Crippen molar-refractivity contribution >= 4 is 46.2 Å². The Hall–Kier alpha value is -3.60. The SMILES string of the molecule is Br.CCOc1cc2c(cc1C(=O)NC)C(=N)N(CC(=O)c1cc(N3CCCC3C)c(OCC(=O)O)c(C(C)(C)C)c1)C2. The normalized spacial score (nSPS) is 16.1. The molecule has 0 bridgehead atoms. The number of aliphatic carboxylic acids is 1. The summed E-state index contributed by atoms with van der Waals surface area (Å²) in [5, 5.41) is 20.8. The summed E-state index contributed by atoms with van der Waals surface area (Å²) in [4.78, 5) is 41.6. The molecule has 0 aliphatic carbocycles. The average Bonchev–Trinajstić information content (AvgIpc) is 3.47. The minimum Gasteiger partial charge on any atom is -0.493 e. The minimum atomic E-state index is -1.07. The molecule has 2 aliphatic rings. The summed E-state index contributed by atoms with van der Waals surface area (Å²) in [7, 11) is 1.54. The molecule has 0 spiro atoms. The third-order valence-corrected chi connectivity index (χ3v) is 7.65. The molecule has 2 aromatic rings. The zero-order valence-electron chi connectivity index (χ0n) is 25.1. The van der Waals surface area contributed by atoms with Gasteiger partial charge in [0.1, 0.15) is 17.3 Å². The molecule has 2 aliphatic heterocycles. The summed E-state index contributed by atoms with van der Waals surface area (Å²) in [6.07, 6.45) is 1.99. The van der Waals surface area contributed by atoms with Gasteiger partial charge in [0, 0.05) is 42.9 Å². The van der Waals surface area contributed by atoms with Gasteiger partial charge in [0.05, 0.1) is 24.4 Å². The highest BCUT2D eigenvalue weighted by Crippen LogP contribution is 2.43. The molecule has 2 heterocycles. The van der Waals surface area contributed by atoms with Crippen molar-refractivity contribution in [1.29, 1.82) is 5.41 Å². The fraction of sp³-hybridized carbons (Fsp3) is 0.484. The number of ketones is 1. The van der Waals surface area contributed by atoms with Gasteiger partial charge in [0.2, 0.25) is 0 Å². The number of rotatable bonds is 10. The second-order valence-corrected chi connectivity index (χ2v) is 11.6. The number of amidine groups is 1. The Bertz CT molecular complexity index is 1390. The first-order chi connectivity index (χ1) is 19.3. The van der Waals surface area contributed by atoms with Crippen LogP contribution in [0.25, 0.3) is 0 Å². The quantitative estimate of drug-likeness (QED) is 0.314. The number of nitrogens with zero attached hydrogens (tertiary/aromatic N) is 2. The number of carbonyl (C=O) groups excluding carboxylic acids is 2. The lowest BCUT2D eigenvalue weighted by molar-refractivity contribution is -0.139. The fourth-order valence-electron chi connectivity index (χ4n) is 5.54. The van der Waals surface area contributed by atoms with Gasteiger partial charge in [-0.3, -0.25) is 15.0 Å². The number of hydrogen-bond donors (Lipinski definition) is 3. The van der Waals surface area contributed by atoms with Gasteiger partial charge in [-0.2, -0.15) is 0 Å². The molecule has 1 atom stereocenters. The summed E-state index contributed by atoms with van der Waals surface area (Å²) < 4.78 is 11.6. The number of Topliss-reactive ketones (excluding diaryl/α,β-unsaturated/α-hetero) is 1. The Kier molecular flexibility index (Phi) is 10.3. The van der Waals surface area contributed by atoms with Crippen LogP contribution < -0.4 is 19.7 Å². The summed E-state index contributed by atoms with van der Waals surface area (Å²) in [6.45, 7) is 11.0. The van der Waals surface area contributed by atoms with Crippen molar-refractivity contribution in [3.63, 3.8) is 0 Å². The number of benzene rings is 2. The highest BCUT2D eigenvalue weighted by atomic mass is 79.9. The van der Waals surface area contributed by atoms with Crippen LogP contribution in [0, 0.1) is 5.41 Å². The van der Waals surface area contributed by atoms with Crippen LogP contribution in [0.1, 0.15) is 84.9 Å². The molecule has 42 heavy (non-hydrogen) atoms.